The SMILES string of the molecule is C=CCNC(=O)CN1CCC(Nc2ccc(C)cc2CO)CC1. The largest absolute Gasteiger partial charge is 0.392 e. The maximum Gasteiger partial charge on any atom is 0.234 e. The van der Waals surface area contributed by atoms with Crippen LogP contribution in [-0.2, 0) is 11.4 Å². The molecule has 1 aromatic carbocycles. The minimum atomic E-state index is 0.0479. The lowest BCUT2D eigenvalue weighted by Crippen LogP contribution is -2.44. The van der Waals surface area contributed by atoms with Crippen LogP contribution in [-0.4, -0.2) is 48.1 Å². The van der Waals surface area contributed by atoms with Gasteiger partial charge in [-0.15, -0.1) is 6.58 Å². The zero-order valence-electron chi connectivity index (χ0n) is 13.8. The molecule has 1 fully saturated rings. The maximum absolute atomic E-state index is 11.7. The predicted molar refractivity (Wildman–Crippen MR) is 93.4 cm³/mol. The highest BCUT2D eigenvalue weighted by Gasteiger charge is 2.21. The maximum atomic E-state index is 11.7. The Labute approximate surface area is 138 Å². The van der Waals surface area contributed by atoms with Gasteiger partial charge in [-0.25, -0.2) is 0 Å². The fourth-order valence-electron chi connectivity index (χ4n) is 2.89. The van der Waals surface area contributed by atoms with Crippen LogP contribution in [0.3, 0.4) is 0 Å². The number of hydrogen-bond acceptors (Lipinski definition) is 4. The Balaban J connectivity index is 1.81. The van der Waals surface area contributed by atoms with Crippen LogP contribution in [0.15, 0.2) is 30.9 Å². The second-order valence-corrected chi connectivity index (χ2v) is 6.11. The summed E-state index contributed by atoms with van der Waals surface area (Å²) in [5, 5.41) is 15.8. The second-order valence-electron chi connectivity index (χ2n) is 6.11. The minimum absolute atomic E-state index is 0.0479. The molecule has 5 heteroatoms. The number of hydrogen-bond donors (Lipinski definition) is 3. The Morgan fingerprint density at radius 2 is 2.17 bits per heavy atom. The van der Waals surface area contributed by atoms with Crippen LogP contribution in [0, 0.1) is 6.92 Å². The molecule has 1 aliphatic rings. The molecule has 0 bridgehead atoms. The zero-order valence-corrected chi connectivity index (χ0v) is 13.8. The number of benzene rings is 1. The number of carbonyl (C=O) groups excluding carboxylic acids is 1. The lowest BCUT2D eigenvalue weighted by atomic mass is 10.0. The molecule has 0 atom stereocenters. The molecule has 5 nitrogen and oxygen atoms in total. The van der Waals surface area contributed by atoms with Crippen molar-refractivity contribution in [2.75, 3.05) is 31.5 Å². The van der Waals surface area contributed by atoms with Crippen molar-refractivity contribution in [3.8, 4) is 0 Å². The molecule has 1 amide bonds. The standard InChI is InChI=1S/C18H27N3O2/c1-3-8-19-18(23)12-21-9-6-16(7-10-21)20-17-5-4-14(2)11-15(17)13-22/h3-5,11,16,20,22H,1,6-10,12-13H2,2H3,(H,19,23). The summed E-state index contributed by atoms with van der Waals surface area (Å²) in [5.41, 5.74) is 3.11. The highest BCUT2D eigenvalue weighted by molar-refractivity contribution is 5.78. The van der Waals surface area contributed by atoms with Gasteiger partial charge in [0.2, 0.25) is 5.91 Å². The van der Waals surface area contributed by atoms with Gasteiger partial charge >= 0.3 is 0 Å². The Bertz CT molecular complexity index is 537. The molecule has 1 heterocycles. The number of aliphatic hydroxyl groups is 1. The molecule has 1 aromatic rings. The van der Waals surface area contributed by atoms with Gasteiger partial charge in [0.15, 0.2) is 0 Å². The third-order valence-electron chi connectivity index (χ3n) is 4.19. The molecule has 2 rings (SSSR count). The van der Waals surface area contributed by atoms with Gasteiger partial charge in [0.1, 0.15) is 0 Å². The molecule has 0 aliphatic carbocycles. The van der Waals surface area contributed by atoms with E-state index in [0.29, 0.717) is 19.1 Å². The average molecular weight is 317 g/mol. The van der Waals surface area contributed by atoms with Gasteiger partial charge in [-0.3, -0.25) is 9.69 Å². The number of nitrogens with zero attached hydrogens (tertiary/aromatic N) is 1. The fraction of sp³-hybridized carbons (Fsp3) is 0.500. The molecule has 1 saturated heterocycles. The molecule has 3 N–H and O–H groups in total. The molecule has 0 radical (unpaired) electrons. The summed E-state index contributed by atoms with van der Waals surface area (Å²) in [6, 6.07) is 6.49. The molecular formula is C18H27N3O2. The Kier molecular flexibility index (Phi) is 6.62. The number of likely N-dealkylation sites (tertiary alicyclic amines) is 1. The highest BCUT2D eigenvalue weighted by Crippen LogP contribution is 2.21. The van der Waals surface area contributed by atoms with Crippen LogP contribution < -0.4 is 10.6 Å². The first-order valence-electron chi connectivity index (χ1n) is 8.19. The first kappa shape index (κ1) is 17.5. The molecular weight excluding hydrogens is 290 g/mol. The van der Waals surface area contributed by atoms with Crippen molar-refractivity contribution in [3.05, 3.63) is 42.0 Å². The van der Waals surface area contributed by atoms with Crippen LogP contribution >= 0.6 is 0 Å². The monoisotopic (exact) mass is 317 g/mol. The van der Waals surface area contributed by atoms with E-state index in [2.05, 4.69) is 28.2 Å². The number of piperidine rings is 1. The summed E-state index contributed by atoms with van der Waals surface area (Å²) >= 11 is 0. The van der Waals surface area contributed by atoms with Crippen LogP contribution in [0.2, 0.25) is 0 Å². The average Bonchev–Trinajstić information content (AvgIpc) is 2.56. The van der Waals surface area contributed by atoms with E-state index in [-0.39, 0.29) is 12.5 Å². The van der Waals surface area contributed by atoms with Crippen LogP contribution in [0.4, 0.5) is 5.69 Å². The Hall–Kier alpha value is -1.85. The van der Waals surface area contributed by atoms with Gasteiger partial charge in [0.05, 0.1) is 13.2 Å². The summed E-state index contributed by atoms with van der Waals surface area (Å²) in [7, 11) is 0. The minimum Gasteiger partial charge on any atom is -0.392 e. The number of aliphatic hydroxyl groups excluding tert-OH is 1. The number of carbonyl (C=O) groups is 1. The van der Waals surface area contributed by atoms with Gasteiger partial charge < -0.3 is 15.7 Å². The van der Waals surface area contributed by atoms with Crippen LogP contribution in [0.5, 0.6) is 0 Å². The molecule has 126 valence electrons. The fourth-order valence-corrected chi connectivity index (χ4v) is 2.89. The third kappa shape index (κ3) is 5.37. The summed E-state index contributed by atoms with van der Waals surface area (Å²) < 4.78 is 0. The van der Waals surface area contributed by atoms with Crippen molar-refractivity contribution < 1.29 is 9.90 Å². The predicted octanol–water partition coefficient (Wildman–Crippen LogP) is 1.67. The van der Waals surface area contributed by atoms with E-state index in [1.54, 1.807) is 6.08 Å². The Morgan fingerprint density at radius 1 is 1.43 bits per heavy atom. The van der Waals surface area contributed by atoms with Gasteiger partial charge in [0.25, 0.3) is 0 Å². The topological polar surface area (TPSA) is 64.6 Å². The van der Waals surface area contributed by atoms with Crippen molar-refractivity contribution in [2.24, 2.45) is 0 Å². The number of amides is 1. The molecule has 0 aromatic heterocycles. The van der Waals surface area contributed by atoms with Crippen molar-refractivity contribution in [1.29, 1.82) is 0 Å². The molecule has 0 saturated carbocycles. The zero-order chi connectivity index (χ0) is 16.7. The van der Waals surface area contributed by atoms with Crippen LogP contribution in [0.25, 0.3) is 0 Å². The van der Waals surface area contributed by atoms with Crippen molar-refractivity contribution in [1.82, 2.24) is 10.2 Å². The van der Waals surface area contributed by atoms with Gasteiger partial charge in [-0.05, 0) is 25.8 Å². The summed E-state index contributed by atoms with van der Waals surface area (Å²) in [4.78, 5) is 13.9. The van der Waals surface area contributed by atoms with E-state index >= 15 is 0 Å². The van der Waals surface area contributed by atoms with E-state index in [4.69, 9.17) is 0 Å². The normalized spacial score (nSPS) is 16.1. The van der Waals surface area contributed by atoms with Gasteiger partial charge in [-0.2, -0.15) is 0 Å². The lowest BCUT2D eigenvalue weighted by Gasteiger charge is -2.32. The second kappa shape index (κ2) is 8.70. The smallest absolute Gasteiger partial charge is 0.234 e. The molecule has 1 aliphatic heterocycles. The van der Waals surface area contributed by atoms with Gasteiger partial charge in [0, 0.05) is 36.9 Å². The summed E-state index contributed by atoms with van der Waals surface area (Å²) in [5.74, 6) is 0.0532. The van der Waals surface area contributed by atoms with E-state index in [0.717, 1.165) is 42.7 Å². The van der Waals surface area contributed by atoms with Crippen LogP contribution in [0.1, 0.15) is 24.0 Å². The summed E-state index contributed by atoms with van der Waals surface area (Å²) in [6.45, 7) is 8.45. The first-order valence-corrected chi connectivity index (χ1v) is 8.19. The summed E-state index contributed by atoms with van der Waals surface area (Å²) in [6.07, 6.45) is 3.68. The molecule has 0 spiro atoms. The van der Waals surface area contributed by atoms with E-state index < -0.39 is 0 Å². The van der Waals surface area contributed by atoms with E-state index in [1.165, 1.54) is 0 Å². The number of aryl methyl sites for hydroxylation is 1. The number of rotatable bonds is 7. The first-order chi connectivity index (χ1) is 11.1. The van der Waals surface area contributed by atoms with Crippen molar-refractivity contribution in [2.45, 2.75) is 32.4 Å². The Morgan fingerprint density at radius 3 is 2.83 bits per heavy atom. The van der Waals surface area contributed by atoms with E-state index in [1.807, 2.05) is 19.1 Å². The van der Waals surface area contributed by atoms with E-state index in [9.17, 15) is 9.90 Å². The quantitative estimate of drug-likeness (QED) is 0.669. The molecule has 0 unspecified atom stereocenters. The third-order valence-corrected chi connectivity index (χ3v) is 4.19. The lowest BCUT2D eigenvalue weighted by molar-refractivity contribution is -0.122. The van der Waals surface area contributed by atoms with Crippen molar-refractivity contribution in [3.63, 3.8) is 0 Å². The highest BCUT2D eigenvalue weighted by atomic mass is 16.3. The molecule has 23 heavy (non-hydrogen) atoms. The van der Waals surface area contributed by atoms with Crippen molar-refractivity contribution >= 4 is 11.6 Å². The number of nitrogens with one attached hydrogen (secondary N) is 2. The number of anilines is 1. The van der Waals surface area contributed by atoms with Gasteiger partial charge in [-0.1, -0.05) is 23.8 Å².